The van der Waals surface area contributed by atoms with Crippen LogP contribution in [0.3, 0.4) is 0 Å². The number of hydrogen-bond donors (Lipinski definition) is 1. The Morgan fingerprint density at radius 3 is 2.94 bits per heavy atom. The molecule has 0 radical (unpaired) electrons. The van der Waals surface area contributed by atoms with E-state index in [1.165, 1.54) is 23.6 Å². The van der Waals surface area contributed by atoms with Gasteiger partial charge in [-0.15, -0.1) is 11.3 Å². The van der Waals surface area contributed by atoms with E-state index in [1.807, 2.05) is 12.3 Å². The monoisotopic (exact) mass is 262 g/mol. The first kappa shape index (κ1) is 12.2. The van der Waals surface area contributed by atoms with Crippen LogP contribution in [-0.4, -0.2) is 16.1 Å². The molecule has 1 N–H and O–H groups in total. The minimum Gasteiger partial charge on any atom is -0.258 e. The topological polar surface area (TPSA) is 80.4 Å². The Bertz CT molecular complexity index is 594. The van der Waals surface area contributed by atoms with E-state index in [9.17, 15) is 10.1 Å². The molecule has 0 bridgehead atoms. The van der Waals surface area contributed by atoms with Crippen LogP contribution in [0.5, 0.6) is 0 Å². The zero-order valence-corrected chi connectivity index (χ0v) is 10.3. The van der Waals surface area contributed by atoms with E-state index in [-0.39, 0.29) is 5.69 Å². The van der Waals surface area contributed by atoms with E-state index in [4.69, 9.17) is 0 Å². The third-order valence-electron chi connectivity index (χ3n) is 2.12. The maximum Gasteiger partial charge on any atom is 0.278 e. The summed E-state index contributed by atoms with van der Waals surface area (Å²) in [7, 11) is 0. The standard InChI is InChI=1S/C11H10N4O2S/c1-8-7-18-11(13-8)14-12-6-9-4-2-3-5-10(9)15(16)17/h2-7H,1H3,(H,13,14). The number of aromatic nitrogens is 1. The summed E-state index contributed by atoms with van der Waals surface area (Å²) in [6.07, 6.45) is 1.41. The van der Waals surface area contributed by atoms with Crippen LogP contribution >= 0.6 is 11.3 Å². The van der Waals surface area contributed by atoms with E-state index in [2.05, 4.69) is 15.5 Å². The lowest BCUT2D eigenvalue weighted by Gasteiger charge is -1.96. The fourth-order valence-corrected chi connectivity index (χ4v) is 1.96. The SMILES string of the molecule is Cc1csc(NN=Cc2ccccc2[N+](=O)[O-])n1. The van der Waals surface area contributed by atoms with Gasteiger partial charge in [-0.05, 0) is 13.0 Å². The second-order valence-corrected chi connectivity index (χ2v) is 4.34. The molecule has 0 amide bonds. The predicted octanol–water partition coefficient (Wildman–Crippen LogP) is 2.81. The van der Waals surface area contributed by atoms with Crippen LogP contribution in [-0.2, 0) is 0 Å². The molecule has 7 heteroatoms. The minimum absolute atomic E-state index is 0.0263. The van der Waals surface area contributed by atoms with E-state index >= 15 is 0 Å². The Morgan fingerprint density at radius 2 is 2.28 bits per heavy atom. The summed E-state index contributed by atoms with van der Waals surface area (Å²) in [6, 6.07) is 6.42. The average Bonchev–Trinajstić information content (AvgIpc) is 2.75. The summed E-state index contributed by atoms with van der Waals surface area (Å²) in [5.74, 6) is 0. The van der Waals surface area contributed by atoms with Crippen molar-refractivity contribution in [1.29, 1.82) is 0 Å². The summed E-state index contributed by atoms with van der Waals surface area (Å²) < 4.78 is 0. The number of anilines is 1. The van der Waals surface area contributed by atoms with Crippen molar-refractivity contribution in [3.8, 4) is 0 Å². The third-order valence-corrected chi connectivity index (χ3v) is 2.98. The maximum absolute atomic E-state index is 10.8. The van der Waals surface area contributed by atoms with Crippen LogP contribution in [0.15, 0.2) is 34.7 Å². The van der Waals surface area contributed by atoms with Crippen LogP contribution in [0.25, 0.3) is 0 Å². The van der Waals surface area contributed by atoms with Crippen molar-refractivity contribution in [2.45, 2.75) is 6.92 Å². The van der Waals surface area contributed by atoms with E-state index < -0.39 is 4.92 Å². The van der Waals surface area contributed by atoms with Crippen molar-refractivity contribution in [3.05, 3.63) is 51.0 Å². The molecule has 0 aliphatic rings. The summed E-state index contributed by atoms with van der Waals surface area (Å²) >= 11 is 1.43. The number of nitrogens with one attached hydrogen (secondary N) is 1. The minimum atomic E-state index is -0.436. The second kappa shape index (κ2) is 5.37. The number of hydrazone groups is 1. The van der Waals surface area contributed by atoms with Crippen molar-refractivity contribution in [2.24, 2.45) is 5.10 Å². The number of aryl methyl sites for hydroxylation is 1. The van der Waals surface area contributed by atoms with E-state index in [0.717, 1.165) is 5.69 Å². The van der Waals surface area contributed by atoms with Gasteiger partial charge in [0.1, 0.15) is 0 Å². The van der Waals surface area contributed by atoms with Gasteiger partial charge in [0.05, 0.1) is 22.4 Å². The summed E-state index contributed by atoms with van der Waals surface area (Å²) in [5.41, 5.74) is 4.11. The van der Waals surface area contributed by atoms with Crippen molar-refractivity contribution in [3.63, 3.8) is 0 Å². The molecule has 18 heavy (non-hydrogen) atoms. The van der Waals surface area contributed by atoms with Crippen molar-refractivity contribution >= 4 is 28.4 Å². The number of rotatable bonds is 4. The van der Waals surface area contributed by atoms with Crippen molar-refractivity contribution in [1.82, 2.24) is 4.98 Å². The number of nitrogens with zero attached hydrogens (tertiary/aromatic N) is 3. The Hall–Kier alpha value is -2.28. The fraction of sp³-hybridized carbons (Fsp3) is 0.0909. The molecule has 92 valence electrons. The lowest BCUT2D eigenvalue weighted by atomic mass is 10.2. The van der Waals surface area contributed by atoms with Crippen LogP contribution in [0, 0.1) is 17.0 Å². The molecule has 0 fully saturated rings. The average molecular weight is 262 g/mol. The molecule has 1 heterocycles. The summed E-state index contributed by atoms with van der Waals surface area (Å²) in [5, 5.41) is 17.3. The van der Waals surface area contributed by atoms with Crippen LogP contribution in [0.2, 0.25) is 0 Å². The zero-order chi connectivity index (χ0) is 13.0. The number of nitro benzene ring substituents is 1. The number of para-hydroxylation sites is 1. The lowest BCUT2D eigenvalue weighted by Crippen LogP contribution is -1.95. The smallest absolute Gasteiger partial charge is 0.258 e. The summed E-state index contributed by atoms with van der Waals surface area (Å²) in [4.78, 5) is 14.5. The van der Waals surface area contributed by atoms with Gasteiger partial charge in [0.15, 0.2) is 0 Å². The second-order valence-electron chi connectivity index (χ2n) is 3.48. The number of nitro groups is 1. The normalized spacial score (nSPS) is 10.7. The Balaban J connectivity index is 2.11. The van der Waals surface area contributed by atoms with Gasteiger partial charge >= 0.3 is 0 Å². The highest BCUT2D eigenvalue weighted by Gasteiger charge is 2.09. The Morgan fingerprint density at radius 1 is 1.50 bits per heavy atom. The molecule has 0 atom stereocenters. The fourth-order valence-electron chi connectivity index (χ4n) is 1.33. The molecule has 1 aromatic heterocycles. The number of hydrogen-bond acceptors (Lipinski definition) is 6. The van der Waals surface area contributed by atoms with Gasteiger partial charge in [0.2, 0.25) is 5.13 Å². The van der Waals surface area contributed by atoms with Gasteiger partial charge in [0, 0.05) is 11.4 Å². The van der Waals surface area contributed by atoms with Gasteiger partial charge in [-0.3, -0.25) is 15.5 Å². The number of thiazole rings is 1. The molecular weight excluding hydrogens is 252 g/mol. The Labute approximate surface area is 107 Å². The highest BCUT2D eigenvalue weighted by Crippen LogP contribution is 2.16. The molecule has 0 saturated carbocycles. The van der Waals surface area contributed by atoms with Crippen LogP contribution in [0.4, 0.5) is 10.8 Å². The quantitative estimate of drug-likeness (QED) is 0.522. The molecule has 0 spiro atoms. The molecule has 2 rings (SSSR count). The third kappa shape index (κ3) is 2.89. The highest BCUT2D eigenvalue weighted by molar-refractivity contribution is 7.13. The zero-order valence-electron chi connectivity index (χ0n) is 9.53. The van der Waals surface area contributed by atoms with E-state index in [0.29, 0.717) is 10.7 Å². The molecule has 1 aromatic carbocycles. The van der Waals surface area contributed by atoms with Crippen LogP contribution < -0.4 is 5.43 Å². The lowest BCUT2D eigenvalue weighted by molar-refractivity contribution is -0.385. The van der Waals surface area contributed by atoms with Crippen LogP contribution in [0.1, 0.15) is 11.3 Å². The molecular formula is C11H10N4O2S. The van der Waals surface area contributed by atoms with Crippen molar-refractivity contribution in [2.75, 3.05) is 5.43 Å². The largest absolute Gasteiger partial charge is 0.278 e. The van der Waals surface area contributed by atoms with Gasteiger partial charge in [-0.2, -0.15) is 5.10 Å². The van der Waals surface area contributed by atoms with Gasteiger partial charge in [0.25, 0.3) is 5.69 Å². The molecule has 2 aromatic rings. The Kier molecular flexibility index (Phi) is 3.63. The molecule has 0 unspecified atom stereocenters. The molecule has 0 aliphatic heterocycles. The number of benzene rings is 1. The first-order valence-electron chi connectivity index (χ1n) is 5.11. The van der Waals surface area contributed by atoms with Gasteiger partial charge < -0.3 is 0 Å². The maximum atomic E-state index is 10.8. The first-order valence-corrected chi connectivity index (χ1v) is 5.99. The summed E-state index contributed by atoms with van der Waals surface area (Å²) in [6.45, 7) is 1.88. The molecule has 0 aliphatic carbocycles. The predicted molar refractivity (Wildman–Crippen MR) is 71.2 cm³/mol. The highest BCUT2D eigenvalue weighted by atomic mass is 32.1. The first-order chi connectivity index (χ1) is 8.66. The molecule has 0 saturated heterocycles. The molecule has 6 nitrogen and oxygen atoms in total. The van der Waals surface area contributed by atoms with E-state index in [1.54, 1.807) is 18.2 Å². The van der Waals surface area contributed by atoms with Crippen molar-refractivity contribution < 1.29 is 4.92 Å². The van der Waals surface area contributed by atoms with Gasteiger partial charge in [-0.25, -0.2) is 4.98 Å². The van der Waals surface area contributed by atoms with Gasteiger partial charge in [-0.1, -0.05) is 12.1 Å².